The van der Waals surface area contributed by atoms with E-state index >= 15 is 0 Å². The Morgan fingerprint density at radius 3 is 2.47 bits per heavy atom. The van der Waals surface area contributed by atoms with Crippen molar-refractivity contribution in [1.29, 1.82) is 0 Å². The smallest absolute Gasteiger partial charge is 0.158 e. The molecule has 5 nitrogen and oxygen atoms in total. The lowest BCUT2D eigenvalue weighted by Gasteiger charge is -2.25. The molecule has 2 N–H and O–H groups in total. The Morgan fingerprint density at radius 2 is 1.89 bits per heavy atom. The number of hydrogen-bond acceptors (Lipinski definition) is 5. The van der Waals surface area contributed by atoms with Crippen molar-refractivity contribution in [2.24, 2.45) is 0 Å². The molecular weight excluding hydrogens is 240 g/mol. The number of aromatic nitrogens is 2. The predicted molar refractivity (Wildman–Crippen MR) is 79.5 cm³/mol. The number of nitrogens with zero attached hydrogens (tertiary/aromatic N) is 2. The van der Waals surface area contributed by atoms with Gasteiger partial charge in [0.15, 0.2) is 5.82 Å². The van der Waals surface area contributed by atoms with Crippen molar-refractivity contribution >= 4 is 11.6 Å². The highest BCUT2D eigenvalue weighted by molar-refractivity contribution is 5.48. The third kappa shape index (κ3) is 5.42. The van der Waals surface area contributed by atoms with Crippen LogP contribution in [0.2, 0.25) is 0 Å². The SMILES string of the molecule is CCCNc1cc(NC(C)(C)CC)nc(COC)n1. The van der Waals surface area contributed by atoms with Gasteiger partial charge in [-0.15, -0.1) is 0 Å². The molecule has 1 aromatic heterocycles. The van der Waals surface area contributed by atoms with E-state index in [-0.39, 0.29) is 5.54 Å². The van der Waals surface area contributed by atoms with E-state index in [0.717, 1.165) is 31.0 Å². The zero-order chi connectivity index (χ0) is 14.3. The van der Waals surface area contributed by atoms with Gasteiger partial charge in [-0.25, -0.2) is 9.97 Å². The van der Waals surface area contributed by atoms with Crippen LogP contribution in [0.25, 0.3) is 0 Å². The number of anilines is 2. The van der Waals surface area contributed by atoms with E-state index in [1.165, 1.54) is 0 Å². The third-order valence-electron chi connectivity index (χ3n) is 2.95. The van der Waals surface area contributed by atoms with Gasteiger partial charge in [0, 0.05) is 25.3 Å². The summed E-state index contributed by atoms with van der Waals surface area (Å²) in [5.41, 5.74) is 0.0146. The topological polar surface area (TPSA) is 59.1 Å². The number of hydrogen-bond donors (Lipinski definition) is 2. The third-order valence-corrected chi connectivity index (χ3v) is 2.95. The number of rotatable bonds is 8. The van der Waals surface area contributed by atoms with Crippen LogP contribution in [-0.2, 0) is 11.3 Å². The van der Waals surface area contributed by atoms with Gasteiger partial charge in [-0.2, -0.15) is 0 Å². The minimum Gasteiger partial charge on any atom is -0.377 e. The summed E-state index contributed by atoms with van der Waals surface area (Å²) in [6, 6.07) is 1.95. The number of nitrogens with one attached hydrogen (secondary N) is 2. The summed E-state index contributed by atoms with van der Waals surface area (Å²) in [5.74, 6) is 2.38. The van der Waals surface area contributed by atoms with Crippen LogP contribution >= 0.6 is 0 Å². The van der Waals surface area contributed by atoms with Crippen LogP contribution in [0.3, 0.4) is 0 Å². The standard InChI is InChI=1S/C14H26N4O/c1-6-8-15-11-9-12(18-14(3,4)7-2)17-13(16-11)10-19-5/h9H,6-8,10H2,1-5H3,(H2,15,16,17,18). The molecule has 1 rings (SSSR count). The number of ether oxygens (including phenoxy) is 1. The Kier molecular flexibility index (Phi) is 6.02. The lowest BCUT2D eigenvalue weighted by atomic mass is 10.0. The van der Waals surface area contributed by atoms with Crippen molar-refractivity contribution in [3.05, 3.63) is 11.9 Å². The van der Waals surface area contributed by atoms with Crippen molar-refractivity contribution in [3.63, 3.8) is 0 Å². The van der Waals surface area contributed by atoms with E-state index in [1.54, 1.807) is 7.11 Å². The fraction of sp³-hybridized carbons (Fsp3) is 0.714. The maximum atomic E-state index is 5.12. The highest BCUT2D eigenvalue weighted by atomic mass is 16.5. The first kappa shape index (κ1) is 15.7. The van der Waals surface area contributed by atoms with Crippen molar-refractivity contribution in [3.8, 4) is 0 Å². The molecule has 0 bridgehead atoms. The largest absolute Gasteiger partial charge is 0.377 e. The van der Waals surface area contributed by atoms with Gasteiger partial charge in [0.2, 0.25) is 0 Å². The lowest BCUT2D eigenvalue weighted by molar-refractivity contribution is 0.178. The van der Waals surface area contributed by atoms with Crippen LogP contribution in [0.4, 0.5) is 11.6 Å². The van der Waals surface area contributed by atoms with Crippen LogP contribution in [0, 0.1) is 0 Å². The second-order valence-electron chi connectivity index (χ2n) is 5.28. The van der Waals surface area contributed by atoms with E-state index in [4.69, 9.17) is 4.74 Å². The molecule has 0 atom stereocenters. The molecule has 5 heteroatoms. The van der Waals surface area contributed by atoms with Crippen LogP contribution in [0.1, 0.15) is 46.4 Å². The second kappa shape index (κ2) is 7.28. The molecule has 0 aromatic carbocycles. The zero-order valence-electron chi connectivity index (χ0n) is 12.7. The number of methoxy groups -OCH3 is 1. The fourth-order valence-corrected chi connectivity index (χ4v) is 1.53. The Hall–Kier alpha value is -1.36. The minimum atomic E-state index is 0.0146. The maximum Gasteiger partial charge on any atom is 0.158 e. The van der Waals surface area contributed by atoms with Crippen molar-refractivity contribution in [2.45, 2.75) is 52.7 Å². The first-order valence-corrected chi connectivity index (χ1v) is 6.89. The van der Waals surface area contributed by atoms with Gasteiger partial charge < -0.3 is 15.4 Å². The molecule has 0 saturated carbocycles. The predicted octanol–water partition coefficient (Wildman–Crippen LogP) is 3.05. The molecule has 0 fully saturated rings. The molecule has 0 aliphatic rings. The summed E-state index contributed by atoms with van der Waals surface area (Å²) in [5, 5.41) is 6.73. The van der Waals surface area contributed by atoms with Gasteiger partial charge in [-0.1, -0.05) is 13.8 Å². The monoisotopic (exact) mass is 266 g/mol. The van der Waals surface area contributed by atoms with Gasteiger partial charge >= 0.3 is 0 Å². The summed E-state index contributed by atoms with van der Waals surface area (Å²) < 4.78 is 5.12. The highest BCUT2D eigenvalue weighted by Crippen LogP contribution is 2.19. The van der Waals surface area contributed by atoms with E-state index in [1.807, 2.05) is 6.07 Å². The molecule has 19 heavy (non-hydrogen) atoms. The van der Waals surface area contributed by atoms with Crippen molar-refractivity contribution in [1.82, 2.24) is 9.97 Å². The summed E-state index contributed by atoms with van der Waals surface area (Å²) in [4.78, 5) is 8.91. The Bertz CT molecular complexity index is 393. The van der Waals surface area contributed by atoms with Gasteiger partial charge in [0.1, 0.15) is 18.2 Å². The Balaban J connectivity index is 2.91. The zero-order valence-corrected chi connectivity index (χ0v) is 12.7. The fourth-order valence-electron chi connectivity index (χ4n) is 1.53. The Morgan fingerprint density at radius 1 is 1.21 bits per heavy atom. The molecule has 0 unspecified atom stereocenters. The average Bonchev–Trinajstić information content (AvgIpc) is 2.36. The molecule has 0 amide bonds. The first-order chi connectivity index (χ1) is 9.00. The van der Waals surface area contributed by atoms with E-state index in [9.17, 15) is 0 Å². The van der Waals surface area contributed by atoms with Crippen molar-refractivity contribution in [2.75, 3.05) is 24.3 Å². The lowest BCUT2D eigenvalue weighted by Crippen LogP contribution is -2.30. The van der Waals surface area contributed by atoms with E-state index in [0.29, 0.717) is 12.4 Å². The molecular formula is C14H26N4O. The molecule has 0 aliphatic heterocycles. The molecule has 0 aliphatic carbocycles. The van der Waals surface area contributed by atoms with Gasteiger partial charge in [0.05, 0.1) is 0 Å². The van der Waals surface area contributed by atoms with E-state index in [2.05, 4.69) is 48.3 Å². The highest BCUT2D eigenvalue weighted by Gasteiger charge is 2.16. The normalized spacial score (nSPS) is 11.4. The molecule has 1 heterocycles. The maximum absolute atomic E-state index is 5.12. The van der Waals surface area contributed by atoms with Gasteiger partial charge in [-0.05, 0) is 26.7 Å². The summed E-state index contributed by atoms with van der Waals surface area (Å²) in [6.45, 7) is 9.92. The van der Waals surface area contributed by atoms with Crippen LogP contribution < -0.4 is 10.6 Å². The van der Waals surface area contributed by atoms with Gasteiger partial charge in [-0.3, -0.25) is 0 Å². The van der Waals surface area contributed by atoms with Crippen molar-refractivity contribution < 1.29 is 4.74 Å². The molecule has 0 saturated heterocycles. The van der Waals surface area contributed by atoms with Crippen LogP contribution in [0.15, 0.2) is 6.07 Å². The minimum absolute atomic E-state index is 0.0146. The van der Waals surface area contributed by atoms with Crippen LogP contribution in [-0.4, -0.2) is 29.2 Å². The molecule has 108 valence electrons. The molecule has 1 aromatic rings. The van der Waals surface area contributed by atoms with Crippen LogP contribution in [0.5, 0.6) is 0 Å². The first-order valence-electron chi connectivity index (χ1n) is 6.89. The summed E-state index contributed by atoms with van der Waals surface area (Å²) in [6.07, 6.45) is 2.08. The average molecular weight is 266 g/mol. The Labute approximate surface area is 116 Å². The second-order valence-corrected chi connectivity index (χ2v) is 5.28. The molecule has 0 spiro atoms. The molecule has 0 radical (unpaired) electrons. The summed E-state index contributed by atoms with van der Waals surface area (Å²) in [7, 11) is 1.65. The summed E-state index contributed by atoms with van der Waals surface area (Å²) >= 11 is 0. The van der Waals surface area contributed by atoms with E-state index < -0.39 is 0 Å². The van der Waals surface area contributed by atoms with Gasteiger partial charge in [0.25, 0.3) is 0 Å². The quantitative estimate of drug-likeness (QED) is 0.757.